The van der Waals surface area contributed by atoms with Gasteiger partial charge in [-0.1, -0.05) is 72.3 Å². The minimum absolute atomic E-state index is 0.00232. The SMILES string of the molecule is [O]c1ccccc1C(=C(CCO)c1ccccc1)c1ccc(Cl)cc1. The highest BCUT2D eigenvalue weighted by molar-refractivity contribution is 6.30. The third-order valence-corrected chi connectivity index (χ3v) is 4.33. The van der Waals surface area contributed by atoms with Crippen LogP contribution in [0.3, 0.4) is 0 Å². The van der Waals surface area contributed by atoms with Gasteiger partial charge in [-0.2, -0.15) is 0 Å². The predicted octanol–water partition coefficient (Wildman–Crippen LogP) is 5.83. The quantitative estimate of drug-likeness (QED) is 0.579. The number of benzene rings is 3. The fourth-order valence-corrected chi connectivity index (χ4v) is 3.07. The van der Waals surface area contributed by atoms with Crippen LogP contribution in [0.1, 0.15) is 23.1 Å². The molecule has 0 aromatic heterocycles. The minimum Gasteiger partial charge on any atom is -0.396 e. The largest absolute Gasteiger partial charge is 0.396 e. The van der Waals surface area contributed by atoms with Crippen LogP contribution in [0.5, 0.6) is 5.75 Å². The molecule has 3 rings (SSSR count). The van der Waals surface area contributed by atoms with Gasteiger partial charge >= 0.3 is 0 Å². The average Bonchev–Trinajstić information content (AvgIpc) is 2.65. The number of rotatable bonds is 5. The molecular formula is C22H18ClO2. The average molecular weight is 350 g/mol. The van der Waals surface area contributed by atoms with Gasteiger partial charge in [-0.15, -0.1) is 0 Å². The fraction of sp³-hybridized carbons (Fsp3) is 0.0909. The molecule has 3 aromatic rings. The van der Waals surface area contributed by atoms with Gasteiger partial charge in [0.05, 0.1) is 0 Å². The van der Waals surface area contributed by atoms with E-state index in [0.29, 0.717) is 17.0 Å². The molecule has 3 heteroatoms. The third-order valence-electron chi connectivity index (χ3n) is 4.08. The summed E-state index contributed by atoms with van der Waals surface area (Å²) in [5, 5.41) is 22.8. The Hall–Kier alpha value is -2.55. The lowest BCUT2D eigenvalue weighted by molar-refractivity contribution is 0.305. The van der Waals surface area contributed by atoms with Gasteiger partial charge in [0.2, 0.25) is 0 Å². The van der Waals surface area contributed by atoms with E-state index >= 15 is 0 Å². The van der Waals surface area contributed by atoms with Gasteiger partial charge in [0.1, 0.15) is 0 Å². The maximum Gasteiger partial charge on any atom is 0.186 e. The molecule has 0 fully saturated rings. The number of aliphatic hydroxyl groups excluding tert-OH is 1. The second-order valence-electron chi connectivity index (χ2n) is 5.70. The molecule has 1 radical (unpaired) electrons. The van der Waals surface area contributed by atoms with Crippen LogP contribution >= 0.6 is 11.6 Å². The second-order valence-corrected chi connectivity index (χ2v) is 6.13. The van der Waals surface area contributed by atoms with E-state index in [1.807, 2.05) is 66.7 Å². The summed E-state index contributed by atoms with van der Waals surface area (Å²) in [4.78, 5) is 0. The van der Waals surface area contributed by atoms with Gasteiger partial charge in [0.15, 0.2) is 5.75 Å². The Morgan fingerprint density at radius 3 is 2.08 bits per heavy atom. The molecular weight excluding hydrogens is 332 g/mol. The van der Waals surface area contributed by atoms with Crippen molar-refractivity contribution in [2.75, 3.05) is 6.61 Å². The molecule has 0 aliphatic carbocycles. The summed E-state index contributed by atoms with van der Waals surface area (Å²) >= 11 is 6.03. The van der Waals surface area contributed by atoms with Gasteiger partial charge in [0.25, 0.3) is 0 Å². The molecule has 0 aliphatic heterocycles. The van der Waals surface area contributed by atoms with E-state index in [1.54, 1.807) is 12.1 Å². The van der Waals surface area contributed by atoms with Crippen molar-refractivity contribution >= 4 is 22.7 Å². The first kappa shape index (κ1) is 17.3. The molecule has 0 amide bonds. The number of aliphatic hydroxyl groups is 1. The van der Waals surface area contributed by atoms with Crippen molar-refractivity contribution in [1.82, 2.24) is 0 Å². The lowest BCUT2D eigenvalue weighted by Crippen LogP contribution is -1.98. The summed E-state index contributed by atoms with van der Waals surface area (Å²) in [5.41, 5.74) is 4.29. The third kappa shape index (κ3) is 3.93. The van der Waals surface area contributed by atoms with Crippen LogP contribution in [0.15, 0.2) is 78.9 Å². The smallest absolute Gasteiger partial charge is 0.186 e. The topological polar surface area (TPSA) is 40.1 Å². The molecule has 0 heterocycles. The molecule has 0 aliphatic rings. The Labute approximate surface area is 152 Å². The first-order valence-corrected chi connectivity index (χ1v) is 8.50. The van der Waals surface area contributed by atoms with E-state index in [9.17, 15) is 10.2 Å². The van der Waals surface area contributed by atoms with E-state index < -0.39 is 0 Å². The molecule has 25 heavy (non-hydrogen) atoms. The van der Waals surface area contributed by atoms with Crippen LogP contribution in [0.2, 0.25) is 5.02 Å². The molecule has 0 saturated heterocycles. The highest BCUT2D eigenvalue weighted by atomic mass is 35.5. The Kier molecular flexibility index (Phi) is 5.54. The van der Waals surface area contributed by atoms with Crippen molar-refractivity contribution in [3.63, 3.8) is 0 Å². The lowest BCUT2D eigenvalue weighted by Gasteiger charge is -2.17. The number of hydrogen-bond acceptors (Lipinski definition) is 1. The van der Waals surface area contributed by atoms with Crippen molar-refractivity contribution in [3.8, 4) is 5.75 Å². The zero-order chi connectivity index (χ0) is 17.6. The lowest BCUT2D eigenvalue weighted by atomic mass is 9.87. The molecule has 2 nitrogen and oxygen atoms in total. The predicted molar refractivity (Wildman–Crippen MR) is 102 cm³/mol. The Balaban J connectivity index is 2.31. The Bertz CT molecular complexity index is 868. The van der Waals surface area contributed by atoms with E-state index in [-0.39, 0.29) is 12.4 Å². The molecule has 0 unspecified atom stereocenters. The first-order valence-electron chi connectivity index (χ1n) is 8.12. The van der Waals surface area contributed by atoms with Crippen molar-refractivity contribution in [2.45, 2.75) is 6.42 Å². The van der Waals surface area contributed by atoms with Crippen molar-refractivity contribution in [2.24, 2.45) is 0 Å². The molecule has 0 spiro atoms. The molecule has 0 bridgehead atoms. The minimum atomic E-state index is -0.0428. The Morgan fingerprint density at radius 2 is 1.44 bits per heavy atom. The van der Waals surface area contributed by atoms with Crippen LogP contribution in [-0.2, 0) is 5.11 Å². The van der Waals surface area contributed by atoms with Gasteiger partial charge in [0, 0.05) is 17.2 Å². The highest BCUT2D eigenvalue weighted by Gasteiger charge is 2.17. The van der Waals surface area contributed by atoms with E-state index in [0.717, 1.165) is 22.3 Å². The van der Waals surface area contributed by atoms with Crippen molar-refractivity contribution in [1.29, 1.82) is 0 Å². The Morgan fingerprint density at radius 1 is 0.800 bits per heavy atom. The van der Waals surface area contributed by atoms with Crippen LogP contribution < -0.4 is 0 Å². The summed E-state index contributed by atoms with van der Waals surface area (Å²) < 4.78 is 0. The molecule has 3 aromatic carbocycles. The zero-order valence-electron chi connectivity index (χ0n) is 13.7. The van der Waals surface area contributed by atoms with Gasteiger partial charge in [-0.3, -0.25) is 5.11 Å². The van der Waals surface area contributed by atoms with Crippen LogP contribution in [0.4, 0.5) is 0 Å². The molecule has 0 saturated carbocycles. The number of para-hydroxylation sites is 1. The number of hydrogen-bond donors (Lipinski definition) is 1. The van der Waals surface area contributed by atoms with E-state index in [2.05, 4.69) is 0 Å². The highest BCUT2D eigenvalue weighted by Crippen LogP contribution is 2.38. The summed E-state index contributed by atoms with van der Waals surface area (Å²) in [6.07, 6.45) is 0.455. The van der Waals surface area contributed by atoms with E-state index in [1.165, 1.54) is 0 Å². The van der Waals surface area contributed by atoms with Crippen molar-refractivity contribution < 1.29 is 10.2 Å². The summed E-state index contributed by atoms with van der Waals surface area (Å²) in [6, 6.07) is 24.3. The van der Waals surface area contributed by atoms with E-state index in [4.69, 9.17) is 11.6 Å². The summed E-state index contributed by atoms with van der Waals surface area (Å²) in [5.74, 6) is -0.0428. The fourth-order valence-electron chi connectivity index (χ4n) is 2.95. The van der Waals surface area contributed by atoms with Crippen molar-refractivity contribution in [3.05, 3.63) is 101 Å². The summed E-state index contributed by atoms with van der Waals surface area (Å²) in [6.45, 7) is 0.00232. The number of halogens is 1. The maximum atomic E-state index is 12.5. The normalized spacial score (nSPS) is 11.9. The molecule has 0 atom stereocenters. The van der Waals surface area contributed by atoms with Crippen LogP contribution in [0.25, 0.3) is 11.1 Å². The first-order chi connectivity index (χ1) is 12.2. The maximum absolute atomic E-state index is 12.5. The van der Waals surface area contributed by atoms with Crippen LogP contribution in [0, 0.1) is 0 Å². The summed E-state index contributed by atoms with van der Waals surface area (Å²) in [7, 11) is 0. The van der Waals surface area contributed by atoms with Gasteiger partial charge in [-0.25, -0.2) is 0 Å². The van der Waals surface area contributed by atoms with Crippen LogP contribution in [-0.4, -0.2) is 11.7 Å². The zero-order valence-corrected chi connectivity index (χ0v) is 14.4. The molecule has 1 N–H and O–H groups in total. The van der Waals surface area contributed by atoms with Gasteiger partial charge < -0.3 is 5.11 Å². The standard InChI is InChI=1S/C22H18ClO2/c23-18-12-10-17(11-13-18)22(20-8-4-5-9-21(20)25)19(14-15-24)16-6-2-1-3-7-16/h1-13,24H,14-15H2. The van der Waals surface area contributed by atoms with Gasteiger partial charge in [-0.05, 0) is 46.9 Å². The monoisotopic (exact) mass is 349 g/mol. The molecule has 125 valence electrons. The second kappa shape index (κ2) is 8.02.